The second-order valence-corrected chi connectivity index (χ2v) is 9.45. The Kier molecular flexibility index (Phi) is 25.0. The van der Waals surface area contributed by atoms with Crippen molar-refractivity contribution < 1.29 is 0 Å². The second kappa shape index (κ2) is 25.0. The molecule has 0 rings (SSSR count). The first kappa shape index (κ1) is 28.0. The van der Waals surface area contributed by atoms with Gasteiger partial charge in [0.25, 0.3) is 0 Å². The zero-order valence-electron chi connectivity index (χ0n) is 20.3. The molecular formula is C28H57. The standard InChI is InChI=1S/C28H57/c1-4-7-10-13-15-16-17-18-19-21-24-27-28(25-22-12-9-6-3)26-23-20-14-11-8-5-2/h28H,3-27H2,1-2H3. The van der Waals surface area contributed by atoms with E-state index >= 15 is 0 Å². The number of rotatable bonds is 24. The van der Waals surface area contributed by atoms with Crippen LogP contribution in [0.4, 0.5) is 0 Å². The van der Waals surface area contributed by atoms with Crippen molar-refractivity contribution in [3.05, 3.63) is 6.92 Å². The Bertz CT molecular complexity index is 257. The van der Waals surface area contributed by atoms with Gasteiger partial charge in [-0.15, -0.1) is 0 Å². The lowest BCUT2D eigenvalue weighted by Gasteiger charge is -2.17. The Morgan fingerprint density at radius 2 is 0.679 bits per heavy atom. The molecule has 0 aliphatic rings. The maximum absolute atomic E-state index is 4.00. The molecule has 0 heterocycles. The third-order valence-corrected chi connectivity index (χ3v) is 6.54. The molecule has 0 aromatic heterocycles. The third-order valence-electron chi connectivity index (χ3n) is 6.54. The molecule has 0 aromatic carbocycles. The molecule has 0 saturated carbocycles. The van der Waals surface area contributed by atoms with E-state index in [2.05, 4.69) is 20.8 Å². The van der Waals surface area contributed by atoms with Crippen molar-refractivity contribution >= 4 is 0 Å². The van der Waals surface area contributed by atoms with E-state index in [1.54, 1.807) is 0 Å². The summed E-state index contributed by atoms with van der Waals surface area (Å²) in [5.41, 5.74) is 0. The van der Waals surface area contributed by atoms with E-state index in [1.807, 2.05) is 0 Å². The maximum atomic E-state index is 4.00. The fourth-order valence-corrected chi connectivity index (χ4v) is 4.53. The highest BCUT2D eigenvalue weighted by molar-refractivity contribution is 4.62. The third kappa shape index (κ3) is 22.3. The van der Waals surface area contributed by atoms with E-state index in [0.717, 1.165) is 12.3 Å². The molecule has 0 heteroatoms. The van der Waals surface area contributed by atoms with Gasteiger partial charge in [0, 0.05) is 0 Å². The first-order valence-corrected chi connectivity index (χ1v) is 13.6. The van der Waals surface area contributed by atoms with Crippen LogP contribution in [0, 0.1) is 12.8 Å². The lowest BCUT2D eigenvalue weighted by molar-refractivity contribution is 0.367. The lowest BCUT2D eigenvalue weighted by Crippen LogP contribution is -2.01. The van der Waals surface area contributed by atoms with Gasteiger partial charge in [0.15, 0.2) is 0 Å². The van der Waals surface area contributed by atoms with Crippen LogP contribution in [0.2, 0.25) is 0 Å². The molecule has 1 unspecified atom stereocenters. The molecule has 28 heavy (non-hydrogen) atoms. The smallest absolute Gasteiger partial charge is 0.0414 e. The minimum Gasteiger partial charge on any atom is -0.0654 e. The summed E-state index contributed by atoms with van der Waals surface area (Å²) >= 11 is 0. The van der Waals surface area contributed by atoms with Gasteiger partial charge in [-0.3, -0.25) is 0 Å². The molecule has 0 nitrogen and oxygen atoms in total. The molecule has 1 radical (unpaired) electrons. The van der Waals surface area contributed by atoms with E-state index in [1.165, 1.54) is 148 Å². The molecule has 0 bridgehead atoms. The van der Waals surface area contributed by atoms with Crippen LogP contribution in [0.1, 0.15) is 168 Å². The highest BCUT2D eigenvalue weighted by Gasteiger charge is 2.08. The molecule has 0 aliphatic heterocycles. The Hall–Kier alpha value is 0. The minimum absolute atomic E-state index is 1.02. The van der Waals surface area contributed by atoms with Gasteiger partial charge in [0.2, 0.25) is 0 Å². The summed E-state index contributed by atoms with van der Waals surface area (Å²) in [6.45, 7) is 8.62. The zero-order valence-corrected chi connectivity index (χ0v) is 20.3. The van der Waals surface area contributed by atoms with Gasteiger partial charge in [0.05, 0.1) is 0 Å². The van der Waals surface area contributed by atoms with Crippen LogP contribution in [0.25, 0.3) is 0 Å². The first-order chi connectivity index (χ1) is 13.8. The van der Waals surface area contributed by atoms with Gasteiger partial charge in [-0.05, 0) is 5.92 Å². The second-order valence-electron chi connectivity index (χ2n) is 9.45. The van der Waals surface area contributed by atoms with E-state index in [4.69, 9.17) is 0 Å². The van der Waals surface area contributed by atoms with Crippen molar-refractivity contribution in [1.29, 1.82) is 0 Å². The molecule has 1 atom stereocenters. The number of hydrogen-bond acceptors (Lipinski definition) is 0. The molecular weight excluding hydrogens is 336 g/mol. The van der Waals surface area contributed by atoms with Crippen molar-refractivity contribution in [3.63, 3.8) is 0 Å². The molecule has 0 aliphatic carbocycles. The first-order valence-electron chi connectivity index (χ1n) is 13.6. The minimum atomic E-state index is 1.02. The predicted molar refractivity (Wildman–Crippen MR) is 131 cm³/mol. The monoisotopic (exact) mass is 393 g/mol. The van der Waals surface area contributed by atoms with Crippen LogP contribution < -0.4 is 0 Å². The van der Waals surface area contributed by atoms with E-state index in [-0.39, 0.29) is 0 Å². The summed E-state index contributed by atoms with van der Waals surface area (Å²) in [5, 5.41) is 0. The average Bonchev–Trinajstić information content (AvgIpc) is 2.71. The van der Waals surface area contributed by atoms with Gasteiger partial charge in [-0.25, -0.2) is 0 Å². The van der Waals surface area contributed by atoms with Gasteiger partial charge >= 0.3 is 0 Å². The van der Waals surface area contributed by atoms with Crippen LogP contribution in [0.5, 0.6) is 0 Å². The fraction of sp³-hybridized carbons (Fsp3) is 0.964. The van der Waals surface area contributed by atoms with E-state index in [9.17, 15) is 0 Å². The molecule has 0 spiro atoms. The largest absolute Gasteiger partial charge is 0.0654 e. The summed E-state index contributed by atoms with van der Waals surface area (Å²) in [7, 11) is 0. The molecule has 0 fully saturated rings. The number of hydrogen-bond donors (Lipinski definition) is 0. The SMILES string of the molecule is [CH2]CCCCCC(CCCCCCCC)CCCCCCCCCCCCC. The van der Waals surface area contributed by atoms with Gasteiger partial charge < -0.3 is 0 Å². The van der Waals surface area contributed by atoms with E-state index < -0.39 is 0 Å². The molecule has 0 saturated heterocycles. The van der Waals surface area contributed by atoms with Crippen LogP contribution >= 0.6 is 0 Å². The van der Waals surface area contributed by atoms with Crippen molar-refractivity contribution in [2.24, 2.45) is 5.92 Å². The Morgan fingerprint density at radius 1 is 0.393 bits per heavy atom. The summed E-state index contributed by atoms with van der Waals surface area (Å²) in [6.07, 6.45) is 34.7. The lowest BCUT2D eigenvalue weighted by atomic mass is 9.89. The summed E-state index contributed by atoms with van der Waals surface area (Å²) in [4.78, 5) is 0. The molecule has 0 N–H and O–H groups in total. The van der Waals surface area contributed by atoms with Crippen molar-refractivity contribution in [2.75, 3.05) is 0 Å². The predicted octanol–water partition coefficient (Wildman–Crippen LogP) is 10.8. The summed E-state index contributed by atoms with van der Waals surface area (Å²) < 4.78 is 0. The van der Waals surface area contributed by atoms with Crippen molar-refractivity contribution in [1.82, 2.24) is 0 Å². The van der Waals surface area contributed by atoms with Crippen LogP contribution in [0.15, 0.2) is 0 Å². The van der Waals surface area contributed by atoms with Crippen LogP contribution in [-0.4, -0.2) is 0 Å². The highest BCUT2D eigenvalue weighted by atomic mass is 14.1. The maximum Gasteiger partial charge on any atom is -0.0414 e. The van der Waals surface area contributed by atoms with Crippen molar-refractivity contribution in [2.45, 2.75) is 168 Å². The van der Waals surface area contributed by atoms with Crippen LogP contribution in [-0.2, 0) is 0 Å². The highest BCUT2D eigenvalue weighted by Crippen LogP contribution is 2.24. The molecule has 169 valence electrons. The fourth-order valence-electron chi connectivity index (χ4n) is 4.53. The van der Waals surface area contributed by atoms with Crippen LogP contribution in [0.3, 0.4) is 0 Å². The normalized spacial score (nSPS) is 12.5. The van der Waals surface area contributed by atoms with Gasteiger partial charge in [-0.2, -0.15) is 0 Å². The van der Waals surface area contributed by atoms with Crippen molar-refractivity contribution in [3.8, 4) is 0 Å². The Balaban J connectivity index is 3.64. The topological polar surface area (TPSA) is 0 Å². The van der Waals surface area contributed by atoms with E-state index in [0.29, 0.717) is 0 Å². The Morgan fingerprint density at radius 3 is 1.00 bits per heavy atom. The zero-order chi connectivity index (χ0) is 20.5. The molecule has 0 amide bonds. The summed E-state index contributed by atoms with van der Waals surface area (Å²) in [6, 6.07) is 0. The Labute approximate surface area is 181 Å². The molecule has 0 aromatic rings. The average molecular weight is 394 g/mol. The van der Waals surface area contributed by atoms with Gasteiger partial charge in [-0.1, -0.05) is 175 Å². The summed E-state index contributed by atoms with van der Waals surface area (Å²) in [5.74, 6) is 1.02. The van der Waals surface area contributed by atoms with Gasteiger partial charge in [0.1, 0.15) is 0 Å². The number of unbranched alkanes of at least 4 members (excludes halogenated alkanes) is 18. The quantitative estimate of drug-likeness (QED) is 0.143.